The summed E-state index contributed by atoms with van der Waals surface area (Å²) in [5.41, 5.74) is 3.19. The summed E-state index contributed by atoms with van der Waals surface area (Å²) in [6, 6.07) is 8.21. The Morgan fingerprint density at radius 2 is 1.83 bits per heavy atom. The molecule has 4 heterocycles. The van der Waals surface area contributed by atoms with Gasteiger partial charge in [-0.3, -0.25) is 4.98 Å². The van der Waals surface area contributed by atoms with Gasteiger partial charge in [-0.25, -0.2) is 9.97 Å². The number of hydrogen-bond acceptors (Lipinski definition) is 5. The first-order valence-corrected chi connectivity index (χ1v) is 8.86. The average molecular weight is 322 g/mol. The highest BCUT2D eigenvalue weighted by atomic mass is 32.1. The van der Waals surface area contributed by atoms with Crippen LogP contribution in [0.5, 0.6) is 0 Å². The van der Waals surface area contributed by atoms with Crippen LogP contribution in [0.25, 0.3) is 21.7 Å². The Kier molecular flexibility index (Phi) is 4.03. The van der Waals surface area contributed by atoms with E-state index in [1.54, 1.807) is 11.3 Å². The number of aromatic nitrogens is 3. The summed E-state index contributed by atoms with van der Waals surface area (Å²) in [5, 5.41) is 2.09. The summed E-state index contributed by atoms with van der Waals surface area (Å²) < 4.78 is 0. The van der Waals surface area contributed by atoms with Gasteiger partial charge in [-0.15, -0.1) is 11.3 Å². The number of pyridine rings is 1. The summed E-state index contributed by atoms with van der Waals surface area (Å²) in [7, 11) is 0. The molecule has 0 radical (unpaired) electrons. The smallest absolute Gasteiger partial charge is 0.225 e. The van der Waals surface area contributed by atoms with Crippen molar-refractivity contribution in [1.29, 1.82) is 0 Å². The molecule has 0 aromatic carbocycles. The van der Waals surface area contributed by atoms with Crippen LogP contribution in [0.3, 0.4) is 0 Å². The van der Waals surface area contributed by atoms with Crippen molar-refractivity contribution in [1.82, 2.24) is 15.0 Å². The molecule has 0 saturated carbocycles. The van der Waals surface area contributed by atoms with E-state index >= 15 is 0 Å². The second-order valence-corrected chi connectivity index (χ2v) is 6.64. The molecule has 0 atom stereocenters. The van der Waals surface area contributed by atoms with E-state index in [-0.39, 0.29) is 0 Å². The first kappa shape index (κ1) is 14.3. The average Bonchev–Trinajstić information content (AvgIpc) is 3.17. The minimum absolute atomic E-state index is 0.853. The molecule has 0 unspecified atom stereocenters. The lowest BCUT2D eigenvalue weighted by Gasteiger charge is -2.27. The molecule has 3 aromatic heterocycles. The molecule has 4 rings (SSSR count). The van der Waals surface area contributed by atoms with Gasteiger partial charge in [0.15, 0.2) is 0 Å². The Labute approximate surface area is 139 Å². The molecular weight excluding hydrogens is 304 g/mol. The largest absolute Gasteiger partial charge is 0.341 e. The lowest BCUT2D eigenvalue weighted by atomic mass is 10.1. The lowest BCUT2D eigenvalue weighted by molar-refractivity contribution is 0.568. The SMILES string of the molecule is c1csc(-c2nc(N3CCCCC3)ncc2-c2ccncc2)c1. The van der Waals surface area contributed by atoms with Crippen LogP contribution in [-0.4, -0.2) is 28.0 Å². The molecule has 1 aliphatic heterocycles. The minimum Gasteiger partial charge on any atom is -0.341 e. The van der Waals surface area contributed by atoms with E-state index in [0.717, 1.165) is 35.9 Å². The number of nitrogens with zero attached hydrogens (tertiary/aromatic N) is 4. The first-order chi connectivity index (χ1) is 11.4. The van der Waals surface area contributed by atoms with E-state index in [9.17, 15) is 0 Å². The number of thiophene rings is 1. The summed E-state index contributed by atoms with van der Waals surface area (Å²) in [6.45, 7) is 2.11. The van der Waals surface area contributed by atoms with Crippen molar-refractivity contribution < 1.29 is 0 Å². The fourth-order valence-electron chi connectivity index (χ4n) is 2.96. The maximum Gasteiger partial charge on any atom is 0.225 e. The van der Waals surface area contributed by atoms with Crippen molar-refractivity contribution in [3.8, 4) is 21.7 Å². The zero-order chi connectivity index (χ0) is 15.5. The van der Waals surface area contributed by atoms with Crippen molar-refractivity contribution in [3.63, 3.8) is 0 Å². The van der Waals surface area contributed by atoms with E-state index in [1.165, 1.54) is 24.1 Å². The second-order valence-electron chi connectivity index (χ2n) is 5.69. The third kappa shape index (κ3) is 2.97. The van der Waals surface area contributed by atoms with Gasteiger partial charge in [-0.05, 0) is 48.4 Å². The van der Waals surface area contributed by atoms with Gasteiger partial charge in [-0.2, -0.15) is 0 Å². The fraction of sp³-hybridized carbons (Fsp3) is 0.278. The highest BCUT2D eigenvalue weighted by Gasteiger charge is 2.17. The van der Waals surface area contributed by atoms with Crippen LogP contribution in [0.2, 0.25) is 0 Å². The molecule has 0 spiro atoms. The van der Waals surface area contributed by atoms with Gasteiger partial charge in [0.2, 0.25) is 5.95 Å². The highest BCUT2D eigenvalue weighted by Crippen LogP contribution is 2.33. The van der Waals surface area contributed by atoms with Gasteiger partial charge in [-0.1, -0.05) is 6.07 Å². The van der Waals surface area contributed by atoms with Crippen LogP contribution in [0, 0.1) is 0 Å². The summed E-state index contributed by atoms with van der Waals surface area (Å²) in [6.07, 6.45) is 9.34. The Balaban J connectivity index is 1.80. The van der Waals surface area contributed by atoms with Crippen LogP contribution >= 0.6 is 11.3 Å². The molecule has 4 nitrogen and oxygen atoms in total. The van der Waals surface area contributed by atoms with Gasteiger partial charge < -0.3 is 4.90 Å². The number of rotatable bonds is 3. The van der Waals surface area contributed by atoms with E-state index in [1.807, 2.05) is 30.7 Å². The molecule has 0 bridgehead atoms. The molecule has 3 aromatic rings. The third-order valence-electron chi connectivity index (χ3n) is 4.16. The van der Waals surface area contributed by atoms with Crippen LogP contribution in [0.1, 0.15) is 19.3 Å². The van der Waals surface area contributed by atoms with Gasteiger partial charge in [0.05, 0.1) is 10.6 Å². The van der Waals surface area contributed by atoms with Crippen molar-refractivity contribution in [2.24, 2.45) is 0 Å². The number of hydrogen-bond donors (Lipinski definition) is 0. The fourth-order valence-corrected chi connectivity index (χ4v) is 3.69. The molecule has 5 heteroatoms. The molecule has 116 valence electrons. The standard InChI is InChI=1S/C18H18N4S/c1-2-10-22(11-3-1)18-20-13-15(14-6-8-19-9-7-14)17(21-18)16-5-4-12-23-16/h4-9,12-13H,1-3,10-11H2. The topological polar surface area (TPSA) is 41.9 Å². The van der Waals surface area contributed by atoms with E-state index in [2.05, 4.69) is 32.4 Å². The minimum atomic E-state index is 0.853. The summed E-state index contributed by atoms with van der Waals surface area (Å²) in [4.78, 5) is 17.2. The Morgan fingerprint density at radius 3 is 2.57 bits per heavy atom. The molecule has 0 amide bonds. The maximum atomic E-state index is 4.92. The van der Waals surface area contributed by atoms with Gasteiger partial charge >= 0.3 is 0 Å². The molecule has 1 saturated heterocycles. The third-order valence-corrected chi connectivity index (χ3v) is 5.04. The molecule has 1 aliphatic rings. The van der Waals surface area contributed by atoms with Gasteiger partial charge in [0, 0.05) is 37.2 Å². The van der Waals surface area contributed by atoms with Crippen molar-refractivity contribution in [3.05, 3.63) is 48.2 Å². The van der Waals surface area contributed by atoms with Crippen LogP contribution in [0.4, 0.5) is 5.95 Å². The highest BCUT2D eigenvalue weighted by molar-refractivity contribution is 7.13. The maximum absolute atomic E-state index is 4.92. The normalized spacial score (nSPS) is 14.9. The van der Waals surface area contributed by atoms with Crippen LogP contribution < -0.4 is 4.90 Å². The van der Waals surface area contributed by atoms with Crippen LogP contribution in [-0.2, 0) is 0 Å². The van der Waals surface area contributed by atoms with Crippen molar-refractivity contribution in [2.75, 3.05) is 18.0 Å². The van der Waals surface area contributed by atoms with E-state index in [4.69, 9.17) is 4.98 Å². The molecule has 0 aliphatic carbocycles. The number of piperidine rings is 1. The zero-order valence-corrected chi connectivity index (χ0v) is 13.7. The summed E-state index contributed by atoms with van der Waals surface area (Å²) >= 11 is 1.72. The first-order valence-electron chi connectivity index (χ1n) is 7.98. The summed E-state index contributed by atoms with van der Waals surface area (Å²) in [5.74, 6) is 0.853. The number of anilines is 1. The van der Waals surface area contributed by atoms with Crippen LogP contribution in [0.15, 0.2) is 48.2 Å². The molecule has 23 heavy (non-hydrogen) atoms. The Morgan fingerprint density at radius 1 is 1.00 bits per heavy atom. The monoisotopic (exact) mass is 322 g/mol. The quantitative estimate of drug-likeness (QED) is 0.722. The second kappa shape index (κ2) is 6.46. The Bertz CT molecular complexity index is 765. The van der Waals surface area contributed by atoms with E-state index < -0.39 is 0 Å². The van der Waals surface area contributed by atoms with Gasteiger partial charge in [0.25, 0.3) is 0 Å². The van der Waals surface area contributed by atoms with Crippen molar-refractivity contribution in [2.45, 2.75) is 19.3 Å². The molecular formula is C18H18N4S. The predicted molar refractivity (Wildman–Crippen MR) is 94.6 cm³/mol. The lowest BCUT2D eigenvalue weighted by Crippen LogP contribution is -2.31. The van der Waals surface area contributed by atoms with Crippen molar-refractivity contribution >= 4 is 17.3 Å². The zero-order valence-electron chi connectivity index (χ0n) is 12.9. The molecule has 1 fully saturated rings. The Hall–Kier alpha value is -2.27. The van der Waals surface area contributed by atoms with Gasteiger partial charge in [0.1, 0.15) is 0 Å². The molecule has 0 N–H and O–H groups in total. The predicted octanol–water partition coefficient (Wildman–Crippen LogP) is 4.26. The van der Waals surface area contributed by atoms with E-state index in [0.29, 0.717) is 0 Å².